The van der Waals surface area contributed by atoms with Crippen LogP contribution in [-0.4, -0.2) is 47.8 Å². The molecule has 6 heteroatoms. The summed E-state index contributed by atoms with van der Waals surface area (Å²) in [6.45, 7) is 7.31. The Balaban J connectivity index is 2.43. The first-order valence-electron chi connectivity index (χ1n) is 6.11. The van der Waals surface area contributed by atoms with Gasteiger partial charge in [0.15, 0.2) is 0 Å². The number of carbonyl (C=O) groups excluding carboxylic acids is 2. The fourth-order valence-electron chi connectivity index (χ4n) is 1.74. The average Bonchev–Trinajstić information content (AvgIpc) is 2.60. The normalized spacial score (nSPS) is 21.6. The van der Waals surface area contributed by atoms with Crippen molar-refractivity contribution in [1.29, 1.82) is 0 Å². The summed E-state index contributed by atoms with van der Waals surface area (Å²) in [4.78, 5) is 24.8. The van der Waals surface area contributed by atoms with Crippen molar-refractivity contribution in [1.82, 2.24) is 10.2 Å². The summed E-state index contributed by atoms with van der Waals surface area (Å²) in [5.41, 5.74) is -0.607. The summed E-state index contributed by atoms with van der Waals surface area (Å²) in [7, 11) is 0. The molecule has 0 aliphatic carbocycles. The first-order chi connectivity index (χ1) is 8.19. The molecule has 5 nitrogen and oxygen atoms in total. The lowest BCUT2D eigenvalue weighted by atomic mass is 10.2. The zero-order valence-electron chi connectivity index (χ0n) is 11.3. The predicted molar refractivity (Wildman–Crippen MR) is 64.9 cm³/mol. The molecular formula is C12H21FN2O3. The van der Waals surface area contributed by atoms with Crippen molar-refractivity contribution in [3.8, 4) is 0 Å². The zero-order valence-corrected chi connectivity index (χ0v) is 11.3. The molecule has 0 radical (unpaired) electrons. The summed E-state index contributed by atoms with van der Waals surface area (Å²) in [5.74, 6) is -0.277. The lowest BCUT2D eigenvalue weighted by Gasteiger charge is -2.24. The molecule has 0 aromatic heterocycles. The largest absolute Gasteiger partial charge is 0.444 e. The molecule has 2 atom stereocenters. The minimum absolute atomic E-state index is 0.110. The number of carbonyl (C=O) groups is 2. The van der Waals surface area contributed by atoms with Gasteiger partial charge in [-0.1, -0.05) is 0 Å². The van der Waals surface area contributed by atoms with Crippen LogP contribution >= 0.6 is 0 Å². The maximum absolute atomic E-state index is 13.0. The minimum atomic E-state index is -0.956. The van der Waals surface area contributed by atoms with Crippen molar-refractivity contribution in [2.45, 2.75) is 51.9 Å². The van der Waals surface area contributed by atoms with Gasteiger partial charge in [0.2, 0.25) is 5.91 Å². The summed E-state index contributed by atoms with van der Waals surface area (Å²) in [6.07, 6.45) is -1.23. The highest BCUT2D eigenvalue weighted by atomic mass is 19.1. The molecule has 0 saturated carbocycles. The molecule has 1 rings (SSSR count). The number of alkyl halides is 1. The summed E-state index contributed by atoms with van der Waals surface area (Å²) < 4.78 is 18.0. The molecule has 1 fully saturated rings. The Morgan fingerprint density at radius 1 is 1.44 bits per heavy atom. The molecule has 1 N–H and O–H groups in total. The summed E-state index contributed by atoms with van der Waals surface area (Å²) in [6, 6.07) is -0.704. The molecule has 1 aliphatic heterocycles. The fraction of sp³-hybridized carbons (Fsp3) is 0.833. The van der Waals surface area contributed by atoms with Crippen LogP contribution in [0.25, 0.3) is 0 Å². The van der Waals surface area contributed by atoms with E-state index in [-0.39, 0.29) is 12.5 Å². The second-order valence-corrected chi connectivity index (χ2v) is 5.54. The van der Waals surface area contributed by atoms with Gasteiger partial charge in [0.25, 0.3) is 0 Å². The second-order valence-electron chi connectivity index (χ2n) is 5.54. The van der Waals surface area contributed by atoms with E-state index in [9.17, 15) is 14.0 Å². The van der Waals surface area contributed by atoms with Crippen LogP contribution in [0.2, 0.25) is 0 Å². The number of ether oxygens (including phenoxy) is 1. The van der Waals surface area contributed by atoms with E-state index < -0.39 is 23.9 Å². The number of alkyl carbamates (subject to hydrolysis) is 1. The highest BCUT2D eigenvalue weighted by molar-refractivity contribution is 5.85. The predicted octanol–water partition coefficient (Wildman–Crippen LogP) is 1.47. The number of nitrogens with zero attached hydrogens (tertiary/aromatic N) is 1. The van der Waals surface area contributed by atoms with Crippen LogP contribution in [0.3, 0.4) is 0 Å². The third kappa shape index (κ3) is 4.50. The molecule has 0 aromatic carbocycles. The zero-order chi connectivity index (χ0) is 13.9. The molecule has 104 valence electrons. The first kappa shape index (κ1) is 14.7. The minimum Gasteiger partial charge on any atom is -0.444 e. The second kappa shape index (κ2) is 5.54. The Morgan fingerprint density at radius 3 is 2.50 bits per heavy atom. The smallest absolute Gasteiger partial charge is 0.408 e. The van der Waals surface area contributed by atoms with E-state index in [1.165, 1.54) is 4.90 Å². The molecule has 18 heavy (non-hydrogen) atoms. The van der Waals surface area contributed by atoms with Gasteiger partial charge in [-0.2, -0.15) is 0 Å². The molecule has 1 heterocycles. The number of nitrogens with one attached hydrogen (secondary N) is 1. The van der Waals surface area contributed by atoms with Crippen molar-refractivity contribution in [3.63, 3.8) is 0 Å². The fourth-order valence-corrected chi connectivity index (χ4v) is 1.74. The van der Waals surface area contributed by atoms with Crippen molar-refractivity contribution in [3.05, 3.63) is 0 Å². The lowest BCUT2D eigenvalue weighted by Crippen LogP contribution is -2.47. The summed E-state index contributed by atoms with van der Waals surface area (Å²) in [5, 5.41) is 2.45. The van der Waals surface area contributed by atoms with Gasteiger partial charge in [-0.3, -0.25) is 4.79 Å². The standard InChI is InChI=1S/C12H21FN2O3/c1-8(14-11(17)18-12(2,3)4)10(16)15-6-5-9(13)7-15/h8-9H,5-7H2,1-4H3,(H,14,17)/t8-,9?/m1/s1. The van der Waals surface area contributed by atoms with Gasteiger partial charge in [-0.15, -0.1) is 0 Å². The topological polar surface area (TPSA) is 58.6 Å². The van der Waals surface area contributed by atoms with E-state index in [2.05, 4.69) is 5.32 Å². The SMILES string of the molecule is C[C@@H](NC(=O)OC(C)(C)C)C(=O)N1CCC(F)C1. The molecular weight excluding hydrogens is 239 g/mol. The van der Waals surface area contributed by atoms with Gasteiger partial charge in [0.1, 0.15) is 17.8 Å². The van der Waals surface area contributed by atoms with E-state index in [1.807, 2.05) is 0 Å². The Kier molecular flexibility index (Phi) is 4.53. The maximum atomic E-state index is 13.0. The Morgan fingerprint density at radius 2 is 2.06 bits per heavy atom. The number of likely N-dealkylation sites (tertiary alicyclic amines) is 1. The van der Waals surface area contributed by atoms with Gasteiger partial charge in [-0.25, -0.2) is 9.18 Å². The molecule has 1 aliphatic rings. The number of hydrogen-bond donors (Lipinski definition) is 1. The van der Waals surface area contributed by atoms with Crippen molar-refractivity contribution < 1.29 is 18.7 Å². The van der Waals surface area contributed by atoms with Gasteiger partial charge in [0.05, 0.1) is 6.54 Å². The number of hydrogen-bond acceptors (Lipinski definition) is 3. The summed E-state index contributed by atoms with van der Waals surface area (Å²) >= 11 is 0. The van der Waals surface area contributed by atoms with Crippen LogP contribution in [0.1, 0.15) is 34.1 Å². The molecule has 1 unspecified atom stereocenters. The van der Waals surface area contributed by atoms with Crippen LogP contribution in [-0.2, 0) is 9.53 Å². The lowest BCUT2D eigenvalue weighted by molar-refractivity contribution is -0.132. The number of amides is 2. The third-order valence-corrected chi connectivity index (χ3v) is 2.55. The molecule has 0 spiro atoms. The van der Waals surface area contributed by atoms with Crippen LogP contribution in [0.5, 0.6) is 0 Å². The van der Waals surface area contributed by atoms with Crippen molar-refractivity contribution in [2.75, 3.05) is 13.1 Å². The maximum Gasteiger partial charge on any atom is 0.408 e. The van der Waals surface area contributed by atoms with Crippen LogP contribution < -0.4 is 5.32 Å². The van der Waals surface area contributed by atoms with Crippen molar-refractivity contribution >= 4 is 12.0 Å². The van der Waals surface area contributed by atoms with Gasteiger partial charge >= 0.3 is 6.09 Å². The monoisotopic (exact) mass is 260 g/mol. The highest BCUT2D eigenvalue weighted by Crippen LogP contribution is 2.13. The van der Waals surface area contributed by atoms with E-state index >= 15 is 0 Å². The highest BCUT2D eigenvalue weighted by Gasteiger charge is 2.30. The average molecular weight is 260 g/mol. The van der Waals surface area contributed by atoms with Gasteiger partial charge < -0.3 is 15.0 Å². The Hall–Kier alpha value is -1.33. The Labute approximate surface area is 107 Å². The number of rotatable bonds is 2. The quantitative estimate of drug-likeness (QED) is 0.818. The van der Waals surface area contributed by atoms with E-state index in [4.69, 9.17) is 4.74 Å². The molecule has 1 saturated heterocycles. The van der Waals surface area contributed by atoms with Crippen LogP contribution in [0.15, 0.2) is 0 Å². The van der Waals surface area contributed by atoms with Gasteiger partial charge in [-0.05, 0) is 34.1 Å². The molecule has 0 bridgehead atoms. The van der Waals surface area contributed by atoms with E-state index in [1.54, 1.807) is 27.7 Å². The van der Waals surface area contributed by atoms with Crippen LogP contribution in [0, 0.1) is 0 Å². The molecule has 2 amide bonds. The van der Waals surface area contributed by atoms with Crippen molar-refractivity contribution in [2.24, 2.45) is 0 Å². The third-order valence-electron chi connectivity index (χ3n) is 2.55. The Bertz CT molecular complexity index is 328. The molecule has 0 aromatic rings. The van der Waals surface area contributed by atoms with Gasteiger partial charge in [0, 0.05) is 6.54 Å². The van der Waals surface area contributed by atoms with E-state index in [0.29, 0.717) is 13.0 Å². The number of halogens is 1. The first-order valence-corrected chi connectivity index (χ1v) is 6.11. The van der Waals surface area contributed by atoms with E-state index in [0.717, 1.165) is 0 Å². The van der Waals surface area contributed by atoms with Crippen LogP contribution in [0.4, 0.5) is 9.18 Å².